The number of ether oxygens (including phenoxy) is 2. The predicted octanol–water partition coefficient (Wildman–Crippen LogP) is 5.62. The van der Waals surface area contributed by atoms with Crippen LogP contribution in [0.1, 0.15) is 37.0 Å². The standard InChI is InChI=1S/C24H26O3/c1-3-4-17-27-24-19(18-11-6-5-7-12-18)14-10-15-21(24)23(25)20-13-8-9-16-22(20)26-2/h5-16,23,25H,3-4,17H2,1-2H3. The number of unbranched alkanes of at least 4 members (excludes halogenated alkanes) is 1. The summed E-state index contributed by atoms with van der Waals surface area (Å²) in [5.41, 5.74) is 3.53. The van der Waals surface area contributed by atoms with Crippen molar-refractivity contribution in [2.45, 2.75) is 25.9 Å². The Hall–Kier alpha value is -2.78. The van der Waals surface area contributed by atoms with Gasteiger partial charge in [0.15, 0.2) is 0 Å². The maximum atomic E-state index is 11.2. The fourth-order valence-corrected chi connectivity index (χ4v) is 3.15. The van der Waals surface area contributed by atoms with E-state index >= 15 is 0 Å². The minimum atomic E-state index is -0.832. The Kier molecular flexibility index (Phi) is 6.50. The summed E-state index contributed by atoms with van der Waals surface area (Å²) in [6.07, 6.45) is 1.19. The Bertz CT molecular complexity index is 859. The smallest absolute Gasteiger partial charge is 0.133 e. The van der Waals surface area contributed by atoms with Crippen molar-refractivity contribution in [3.8, 4) is 22.6 Å². The first-order chi connectivity index (χ1) is 13.3. The van der Waals surface area contributed by atoms with Crippen LogP contribution >= 0.6 is 0 Å². The Balaban J connectivity index is 2.08. The van der Waals surface area contributed by atoms with Crippen LogP contribution < -0.4 is 9.47 Å². The van der Waals surface area contributed by atoms with E-state index in [1.807, 2.05) is 60.7 Å². The molecule has 0 saturated carbocycles. The third-order valence-electron chi connectivity index (χ3n) is 4.60. The average Bonchev–Trinajstić information content (AvgIpc) is 2.74. The van der Waals surface area contributed by atoms with Gasteiger partial charge in [-0.15, -0.1) is 0 Å². The molecule has 0 fully saturated rings. The monoisotopic (exact) mass is 362 g/mol. The lowest BCUT2D eigenvalue weighted by Crippen LogP contribution is -2.07. The van der Waals surface area contributed by atoms with Gasteiger partial charge in [0.05, 0.1) is 13.7 Å². The number of hydrogen-bond acceptors (Lipinski definition) is 3. The molecular formula is C24H26O3. The van der Waals surface area contributed by atoms with Gasteiger partial charge >= 0.3 is 0 Å². The van der Waals surface area contributed by atoms with Crippen LogP contribution in [0.5, 0.6) is 11.5 Å². The minimum Gasteiger partial charge on any atom is -0.496 e. The molecule has 0 amide bonds. The molecule has 3 rings (SSSR count). The zero-order valence-corrected chi connectivity index (χ0v) is 15.9. The second-order valence-electron chi connectivity index (χ2n) is 6.44. The van der Waals surface area contributed by atoms with Crippen molar-refractivity contribution in [3.63, 3.8) is 0 Å². The highest BCUT2D eigenvalue weighted by Crippen LogP contribution is 2.40. The first kappa shape index (κ1) is 19.0. The molecule has 0 aliphatic rings. The van der Waals surface area contributed by atoms with E-state index < -0.39 is 6.10 Å². The molecule has 0 spiro atoms. The molecule has 0 saturated heterocycles. The third kappa shape index (κ3) is 4.32. The van der Waals surface area contributed by atoms with Gasteiger partial charge in [-0.2, -0.15) is 0 Å². The highest BCUT2D eigenvalue weighted by atomic mass is 16.5. The summed E-state index contributed by atoms with van der Waals surface area (Å²) in [6, 6.07) is 23.6. The van der Waals surface area contributed by atoms with Crippen LogP contribution in [0.3, 0.4) is 0 Å². The largest absolute Gasteiger partial charge is 0.496 e. The van der Waals surface area contributed by atoms with Crippen LogP contribution in [0.4, 0.5) is 0 Å². The van der Waals surface area contributed by atoms with E-state index in [1.54, 1.807) is 7.11 Å². The number of para-hydroxylation sites is 2. The van der Waals surface area contributed by atoms with Crippen LogP contribution in [0.15, 0.2) is 72.8 Å². The molecule has 3 heteroatoms. The summed E-state index contributed by atoms with van der Waals surface area (Å²) in [5.74, 6) is 1.39. The molecule has 1 atom stereocenters. The van der Waals surface area contributed by atoms with Crippen molar-refractivity contribution in [2.24, 2.45) is 0 Å². The number of aliphatic hydroxyl groups excluding tert-OH is 1. The molecule has 0 aromatic heterocycles. The van der Waals surface area contributed by atoms with Gasteiger partial charge in [0.2, 0.25) is 0 Å². The predicted molar refractivity (Wildman–Crippen MR) is 109 cm³/mol. The van der Waals surface area contributed by atoms with Crippen molar-refractivity contribution in [1.82, 2.24) is 0 Å². The molecule has 1 N–H and O–H groups in total. The molecule has 0 bridgehead atoms. The summed E-state index contributed by atoms with van der Waals surface area (Å²) in [4.78, 5) is 0. The Morgan fingerprint density at radius 2 is 1.56 bits per heavy atom. The van der Waals surface area contributed by atoms with Gasteiger partial charge < -0.3 is 14.6 Å². The summed E-state index contributed by atoms with van der Waals surface area (Å²) >= 11 is 0. The SMILES string of the molecule is CCCCOc1c(-c2ccccc2)cccc1C(O)c1ccccc1OC. The van der Waals surface area contributed by atoms with Gasteiger partial charge in [-0.1, -0.05) is 80.1 Å². The fraction of sp³-hybridized carbons (Fsp3) is 0.250. The van der Waals surface area contributed by atoms with E-state index in [1.165, 1.54) is 0 Å². The van der Waals surface area contributed by atoms with E-state index in [0.717, 1.165) is 40.8 Å². The van der Waals surface area contributed by atoms with E-state index in [2.05, 4.69) is 19.1 Å². The Morgan fingerprint density at radius 1 is 0.852 bits per heavy atom. The van der Waals surface area contributed by atoms with Crippen molar-refractivity contribution in [2.75, 3.05) is 13.7 Å². The maximum Gasteiger partial charge on any atom is 0.133 e. The fourth-order valence-electron chi connectivity index (χ4n) is 3.15. The average molecular weight is 362 g/mol. The number of rotatable bonds is 8. The van der Waals surface area contributed by atoms with Gasteiger partial charge in [0, 0.05) is 16.7 Å². The van der Waals surface area contributed by atoms with E-state index in [0.29, 0.717) is 12.4 Å². The van der Waals surface area contributed by atoms with E-state index in [9.17, 15) is 5.11 Å². The summed E-state index contributed by atoms with van der Waals surface area (Å²) in [7, 11) is 1.62. The van der Waals surface area contributed by atoms with Crippen molar-refractivity contribution >= 4 is 0 Å². The molecule has 0 aliphatic carbocycles. The molecule has 1 unspecified atom stereocenters. The van der Waals surface area contributed by atoms with Gasteiger partial charge in [-0.05, 0) is 18.1 Å². The molecule has 140 valence electrons. The Labute approximate surface area is 161 Å². The first-order valence-electron chi connectivity index (χ1n) is 9.38. The van der Waals surface area contributed by atoms with Crippen LogP contribution in [0, 0.1) is 0 Å². The number of aliphatic hydroxyl groups is 1. The zero-order chi connectivity index (χ0) is 19.1. The molecule has 0 heterocycles. The lowest BCUT2D eigenvalue weighted by molar-refractivity contribution is 0.205. The Morgan fingerprint density at radius 3 is 2.30 bits per heavy atom. The van der Waals surface area contributed by atoms with Gasteiger partial charge in [0.25, 0.3) is 0 Å². The van der Waals surface area contributed by atoms with Gasteiger partial charge in [0.1, 0.15) is 17.6 Å². The second kappa shape index (κ2) is 9.24. The second-order valence-corrected chi connectivity index (χ2v) is 6.44. The summed E-state index contributed by atoms with van der Waals surface area (Å²) in [5, 5.41) is 11.2. The lowest BCUT2D eigenvalue weighted by atomic mass is 9.95. The topological polar surface area (TPSA) is 38.7 Å². The first-order valence-corrected chi connectivity index (χ1v) is 9.38. The van der Waals surface area contributed by atoms with Crippen LogP contribution in [-0.2, 0) is 0 Å². The molecular weight excluding hydrogens is 336 g/mol. The van der Waals surface area contributed by atoms with Crippen molar-refractivity contribution < 1.29 is 14.6 Å². The number of methoxy groups -OCH3 is 1. The quantitative estimate of drug-likeness (QED) is 0.528. The number of hydrogen-bond donors (Lipinski definition) is 1. The van der Waals surface area contributed by atoms with Gasteiger partial charge in [-0.3, -0.25) is 0 Å². The lowest BCUT2D eigenvalue weighted by Gasteiger charge is -2.21. The summed E-state index contributed by atoms with van der Waals surface area (Å²) < 4.78 is 11.6. The molecule has 3 aromatic carbocycles. The molecule has 27 heavy (non-hydrogen) atoms. The number of benzene rings is 3. The highest BCUT2D eigenvalue weighted by molar-refractivity contribution is 5.73. The van der Waals surface area contributed by atoms with Crippen LogP contribution in [-0.4, -0.2) is 18.8 Å². The molecule has 3 nitrogen and oxygen atoms in total. The van der Waals surface area contributed by atoms with Crippen molar-refractivity contribution in [1.29, 1.82) is 0 Å². The molecule has 0 aliphatic heterocycles. The maximum absolute atomic E-state index is 11.2. The van der Waals surface area contributed by atoms with Crippen molar-refractivity contribution in [3.05, 3.63) is 83.9 Å². The molecule has 3 aromatic rings. The minimum absolute atomic E-state index is 0.617. The van der Waals surface area contributed by atoms with Crippen LogP contribution in [0.25, 0.3) is 11.1 Å². The van der Waals surface area contributed by atoms with Crippen LogP contribution in [0.2, 0.25) is 0 Å². The van der Waals surface area contributed by atoms with E-state index in [4.69, 9.17) is 9.47 Å². The zero-order valence-electron chi connectivity index (χ0n) is 15.9. The van der Waals surface area contributed by atoms with Gasteiger partial charge in [-0.25, -0.2) is 0 Å². The highest BCUT2D eigenvalue weighted by Gasteiger charge is 2.21. The van der Waals surface area contributed by atoms with E-state index in [-0.39, 0.29) is 0 Å². The normalized spacial score (nSPS) is 11.8. The molecule has 0 radical (unpaired) electrons. The third-order valence-corrected chi connectivity index (χ3v) is 4.60. The summed E-state index contributed by atoms with van der Waals surface area (Å²) in [6.45, 7) is 2.75.